The zero-order valence-electron chi connectivity index (χ0n) is 8.23. The standard InChI is InChI=1S/C9H13N3O2/c1-9(2,3-6-13)12-5-4-11-8(12)7(10)14/h4-6H,3H2,1-2H3,(H2,10,14). The third kappa shape index (κ3) is 1.81. The number of rotatable bonds is 4. The van der Waals surface area contributed by atoms with Crippen molar-refractivity contribution in [3.8, 4) is 0 Å². The summed E-state index contributed by atoms with van der Waals surface area (Å²) in [5.74, 6) is -0.411. The van der Waals surface area contributed by atoms with E-state index in [-0.39, 0.29) is 5.82 Å². The van der Waals surface area contributed by atoms with Crippen molar-refractivity contribution < 1.29 is 9.59 Å². The molecule has 0 saturated carbocycles. The van der Waals surface area contributed by atoms with Gasteiger partial charge in [-0.3, -0.25) is 4.79 Å². The summed E-state index contributed by atoms with van der Waals surface area (Å²) in [6.45, 7) is 3.69. The number of carbonyl (C=O) groups is 2. The van der Waals surface area contributed by atoms with Gasteiger partial charge in [0.1, 0.15) is 6.29 Å². The van der Waals surface area contributed by atoms with Crippen LogP contribution in [0.1, 0.15) is 30.9 Å². The summed E-state index contributed by atoms with van der Waals surface area (Å²) in [6.07, 6.45) is 4.25. The molecule has 0 spiro atoms. The predicted octanol–water partition coefficient (Wildman–Crippen LogP) is 0.306. The van der Waals surface area contributed by atoms with Crippen molar-refractivity contribution >= 4 is 12.2 Å². The average molecular weight is 195 g/mol. The van der Waals surface area contributed by atoms with Gasteiger partial charge >= 0.3 is 0 Å². The van der Waals surface area contributed by atoms with E-state index in [0.29, 0.717) is 6.42 Å². The third-order valence-corrected chi connectivity index (χ3v) is 2.10. The van der Waals surface area contributed by atoms with Gasteiger partial charge in [0.2, 0.25) is 0 Å². The number of nitrogens with two attached hydrogens (primary N) is 1. The first-order valence-electron chi connectivity index (χ1n) is 4.26. The van der Waals surface area contributed by atoms with Crippen LogP contribution in [0, 0.1) is 0 Å². The maximum absolute atomic E-state index is 11.0. The van der Waals surface area contributed by atoms with Crippen LogP contribution in [0.15, 0.2) is 12.4 Å². The number of primary amides is 1. The van der Waals surface area contributed by atoms with Gasteiger partial charge in [0.25, 0.3) is 5.91 Å². The van der Waals surface area contributed by atoms with Crippen molar-refractivity contribution in [3.05, 3.63) is 18.2 Å². The summed E-state index contributed by atoms with van der Waals surface area (Å²) in [4.78, 5) is 25.3. The van der Waals surface area contributed by atoms with E-state index in [2.05, 4.69) is 4.98 Å². The summed E-state index contributed by atoms with van der Waals surface area (Å²) >= 11 is 0. The number of imidazole rings is 1. The Bertz CT molecular complexity index is 355. The Hall–Kier alpha value is -1.65. The smallest absolute Gasteiger partial charge is 0.284 e. The fourth-order valence-electron chi connectivity index (χ4n) is 1.28. The van der Waals surface area contributed by atoms with Gasteiger partial charge in [-0.1, -0.05) is 0 Å². The lowest BCUT2D eigenvalue weighted by Crippen LogP contribution is -2.31. The zero-order chi connectivity index (χ0) is 10.8. The average Bonchev–Trinajstić information content (AvgIpc) is 2.51. The van der Waals surface area contributed by atoms with E-state index in [4.69, 9.17) is 5.73 Å². The van der Waals surface area contributed by atoms with Crippen LogP contribution in [0.3, 0.4) is 0 Å². The molecule has 5 nitrogen and oxygen atoms in total. The molecular weight excluding hydrogens is 182 g/mol. The second kappa shape index (κ2) is 3.61. The molecule has 1 aromatic heterocycles. The molecule has 0 saturated heterocycles. The number of hydrogen-bond acceptors (Lipinski definition) is 3. The predicted molar refractivity (Wildman–Crippen MR) is 50.7 cm³/mol. The van der Waals surface area contributed by atoms with E-state index in [1.807, 2.05) is 13.8 Å². The molecule has 1 amide bonds. The maximum Gasteiger partial charge on any atom is 0.284 e. The van der Waals surface area contributed by atoms with Gasteiger partial charge in [0.15, 0.2) is 5.82 Å². The number of aromatic nitrogens is 2. The molecule has 5 heteroatoms. The highest BCUT2D eigenvalue weighted by atomic mass is 16.1. The van der Waals surface area contributed by atoms with Crippen LogP contribution in [0.5, 0.6) is 0 Å². The second-order valence-electron chi connectivity index (χ2n) is 3.67. The van der Waals surface area contributed by atoms with Gasteiger partial charge in [-0.25, -0.2) is 4.98 Å². The minimum absolute atomic E-state index is 0.178. The van der Waals surface area contributed by atoms with Crippen molar-refractivity contribution in [2.24, 2.45) is 5.73 Å². The van der Waals surface area contributed by atoms with Crippen molar-refractivity contribution in [1.29, 1.82) is 0 Å². The molecule has 1 aromatic rings. The SMILES string of the molecule is CC(C)(CC=O)n1ccnc1C(N)=O. The van der Waals surface area contributed by atoms with Gasteiger partial charge in [-0.15, -0.1) is 0 Å². The Labute approximate surface area is 81.9 Å². The Morgan fingerprint density at radius 1 is 1.71 bits per heavy atom. The lowest BCUT2D eigenvalue weighted by molar-refractivity contribution is -0.109. The van der Waals surface area contributed by atoms with Crippen LogP contribution in [0.2, 0.25) is 0 Å². The van der Waals surface area contributed by atoms with Crippen LogP contribution in [0.4, 0.5) is 0 Å². The quantitative estimate of drug-likeness (QED) is 0.702. The summed E-state index contributed by atoms with van der Waals surface area (Å²) in [5.41, 5.74) is 4.67. The van der Waals surface area contributed by atoms with Crippen LogP contribution < -0.4 is 5.73 Å². The van der Waals surface area contributed by atoms with E-state index >= 15 is 0 Å². The molecule has 0 aliphatic rings. The molecule has 0 unspecified atom stereocenters. The van der Waals surface area contributed by atoms with Crippen molar-refractivity contribution in [2.75, 3.05) is 0 Å². The number of aldehydes is 1. The number of hydrogen-bond donors (Lipinski definition) is 1. The van der Waals surface area contributed by atoms with Crippen molar-refractivity contribution in [3.63, 3.8) is 0 Å². The largest absolute Gasteiger partial charge is 0.363 e. The monoisotopic (exact) mass is 195 g/mol. The minimum atomic E-state index is -0.589. The Balaban J connectivity index is 3.11. The first kappa shape index (κ1) is 10.4. The molecule has 0 fully saturated rings. The first-order valence-corrected chi connectivity index (χ1v) is 4.26. The zero-order valence-corrected chi connectivity index (χ0v) is 8.23. The summed E-state index contributed by atoms with van der Waals surface area (Å²) in [6, 6.07) is 0. The molecule has 14 heavy (non-hydrogen) atoms. The molecule has 2 N–H and O–H groups in total. The molecule has 76 valence electrons. The highest BCUT2D eigenvalue weighted by molar-refractivity contribution is 5.89. The van der Waals surface area contributed by atoms with Crippen molar-refractivity contribution in [2.45, 2.75) is 25.8 Å². The van der Waals surface area contributed by atoms with Crippen LogP contribution in [0.25, 0.3) is 0 Å². The number of carbonyl (C=O) groups excluding carboxylic acids is 2. The fraction of sp³-hybridized carbons (Fsp3) is 0.444. The normalized spacial score (nSPS) is 11.3. The van der Waals surface area contributed by atoms with Gasteiger partial charge in [-0.05, 0) is 13.8 Å². The molecule has 0 aliphatic carbocycles. The third-order valence-electron chi connectivity index (χ3n) is 2.10. The molecular formula is C9H13N3O2. The maximum atomic E-state index is 11.0. The van der Waals surface area contributed by atoms with E-state index in [0.717, 1.165) is 6.29 Å². The molecule has 0 radical (unpaired) electrons. The van der Waals surface area contributed by atoms with E-state index in [1.54, 1.807) is 10.8 Å². The van der Waals surface area contributed by atoms with Gasteiger partial charge in [-0.2, -0.15) is 0 Å². The minimum Gasteiger partial charge on any atom is -0.363 e. The second-order valence-corrected chi connectivity index (χ2v) is 3.67. The number of amides is 1. The van der Waals surface area contributed by atoms with Gasteiger partial charge < -0.3 is 15.1 Å². The summed E-state index contributed by atoms with van der Waals surface area (Å²) in [5, 5.41) is 0. The van der Waals surface area contributed by atoms with Crippen molar-refractivity contribution in [1.82, 2.24) is 9.55 Å². The Morgan fingerprint density at radius 3 is 2.86 bits per heavy atom. The molecule has 0 atom stereocenters. The molecule has 1 heterocycles. The molecule has 0 aromatic carbocycles. The highest BCUT2D eigenvalue weighted by Gasteiger charge is 2.24. The molecule has 1 rings (SSSR count). The topological polar surface area (TPSA) is 78.0 Å². The van der Waals surface area contributed by atoms with Crippen LogP contribution >= 0.6 is 0 Å². The highest BCUT2D eigenvalue weighted by Crippen LogP contribution is 2.19. The van der Waals surface area contributed by atoms with E-state index in [1.165, 1.54) is 6.20 Å². The Kier molecular flexibility index (Phi) is 2.69. The van der Waals surface area contributed by atoms with Gasteiger partial charge in [0, 0.05) is 24.4 Å². The number of nitrogens with zero attached hydrogens (tertiary/aromatic N) is 2. The summed E-state index contributed by atoms with van der Waals surface area (Å²) < 4.78 is 1.61. The van der Waals surface area contributed by atoms with E-state index < -0.39 is 11.4 Å². The van der Waals surface area contributed by atoms with E-state index in [9.17, 15) is 9.59 Å². The lowest BCUT2D eigenvalue weighted by Gasteiger charge is -2.25. The fourth-order valence-corrected chi connectivity index (χ4v) is 1.28. The lowest BCUT2D eigenvalue weighted by atomic mass is 10.0. The first-order chi connectivity index (χ1) is 6.49. The molecule has 0 bridgehead atoms. The Morgan fingerprint density at radius 2 is 2.36 bits per heavy atom. The van der Waals surface area contributed by atoms with Crippen LogP contribution in [-0.4, -0.2) is 21.7 Å². The van der Waals surface area contributed by atoms with Gasteiger partial charge in [0.05, 0.1) is 0 Å². The molecule has 0 aliphatic heterocycles. The summed E-state index contributed by atoms with van der Waals surface area (Å²) in [7, 11) is 0. The van der Waals surface area contributed by atoms with Crippen LogP contribution in [-0.2, 0) is 10.3 Å².